The fraction of sp³-hybridized carbons (Fsp3) is 0. The summed E-state index contributed by atoms with van der Waals surface area (Å²) in [7, 11) is 0. The summed E-state index contributed by atoms with van der Waals surface area (Å²) in [5.74, 6) is 1.67. The number of para-hydroxylation sites is 5. The highest BCUT2D eigenvalue weighted by Crippen LogP contribution is 2.55. The molecule has 2 aliphatic rings. The van der Waals surface area contributed by atoms with E-state index >= 15 is 0 Å². The van der Waals surface area contributed by atoms with Gasteiger partial charge in [0.2, 0.25) is 5.95 Å². The van der Waals surface area contributed by atoms with Crippen molar-refractivity contribution < 1.29 is 4.42 Å². The van der Waals surface area contributed by atoms with Crippen LogP contribution in [0.25, 0.3) is 44.7 Å². The second kappa shape index (κ2) is 12.1. The molecule has 2 aromatic heterocycles. The van der Waals surface area contributed by atoms with Crippen LogP contribution in [0.5, 0.6) is 0 Å². The molecule has 0 saturated carbocycles. The fourth-order valence-electron chi connectivity index (χ4n) is 7.31. The summed E-state index contributed by atoms with van der Waals surface area (Å²) in [5.41, 5.74) is 8.76. The molecule has 6 nitrogen and oxygen atoms in total. The zero-order valence-corrected chi connectivity index (χ0v) is 29.7. The molecule has 0 spiro atoms. The number of aromatic nitrogens is 3. The van der Waals surface area contributed by atoms with E-state index in [-0.39, 0.29) is 0 Å². The number of rotatable bonds is 4. The molecule has 0 N–H and O–H groups in total. The van der Waals surface area contributed by atoms with Crippen LogP contribution in [0.3, 0.4) is 0 Å². The van der Waals surface area contributed by atoms with Gasteiger partial charge in [-0.05, 0) is 66.7 Å². The Morgan fingerprint density at radius 2 is 1.02 bits per heavy atom. The Balaban J connectivity index is 1.12. The van der Waals surface area contributed by atoms with Crippen LogP contribution in [-0.2, 0) is 0 Å². The molecule has 8 heteroatoms. The average Bonchev–Trinajstić information content (AvgIpc) is 3.61. The van der Waals surface area contributed by atoms with E-state index in [1.807, 2.05) is 72.4 Å². The number of nitrogens with zero attached hydrogens (tertiary/aromatic N) is 5. The summed E-state index contributed by atoms with van der Waals surface area (Å²) in [6.07, 6.45) is 0. The summed E-state index contributed by atoms with van der Waals surface area (Å²) in [6, 6.07) is 56.8. The maximum Gasteiger partial charge on any atom is 0.238 e. The van der Waals surface area contributed by atoms with Gasteiger partial charge in [-0.1, -0.05) is 121 Å². The third-order valence-electron chi connectivity index (χ3n) is 9.70. The van der Waals surface area contributed by atoms with E-state index in [4.69, 9.17) is 19.4 Å². The summed E-state index contributed by atoms with van der Waals surface area (Å²) in [4.78, 5) is 24.8. The Labute approximate surface area is 313 Å². The first-order chi connectivity index (χ1) is 26.3. The number of hydrogen-bond donors (Lipinski definition) is 0. The van der Waals surface area contributed by atoms with E-state index in [0.717, 1.165) is 59.9 Å². The molecule has 7 aromatic carbocycles. The van der Waals surface area contributed by atoms with Gasteiger partial charge in [-0.2, -0.15) is 9.97 Å². The molecule has 250 valence electrons. The van der Waals surface area contributed by atoms with Crippen molar-refractivity contribution in [2.24, 2.45) is 0 Å². The highest BCUT2D eigenvalue weighted by Gasteiger charge is 2.31. The lowest BCUT2D eigenvalue weighted by Crippen LogP contribution is -2.19. The Kier molecular flexibility index (Phi) is 6.93. The van der Waals surface area contributed by atoms with Gasteiger partial charge < -0.3 is 9.32 Å². The second-order valence-electron chi connectivity index (χ2n) is 12.9. The fourth-order valence-corrected chi connectivity index (χ4v) is 9.46. The smallest absolute Gasteiger partial charge is 0.238 e. The van der Waals surface area contributed by atoms with Gasteiger partial charge in [-0.15, -0.1) is 0 Å². The Morgan fingerprint density at radius 1 is 0.434 bits per heavy atom. The van der Waals surface area contributed by atoms with Gasteiger partial charge in [0.15, 0.2) is 11.6 Å². The normalized spacial score (nSPS) is 13.1. The number of anilines is 6. The number of benzene rings is 7. The van der Waals surface area contributed by atoms with Crippen LogP contribution in [0, 0.1) is 0 Å². The molecule has 11 rings (SSSR count). The molecule has 0 unspecified atom stereocenters. The van der Waals surface area contributed by atoms with E-state index in [0.29, 0.717) is 17.6 Å². The summed E-state index contributed by atoms with van der Waals surface area (Å²) in [6.45, 7) is 0. The van der Waals surface area contributed by atoms with Gasteiger partial charge in [-0.3, -0.25) is 4.90 Å². The highest BCUT2D eigenvalue weighted by atomic mass is 32.2. The Morgan fingerprint density at radius 3 is 1.77 bits per heavy atom. The minimum Gasteiger partial charge on any atom is -0.455 e. The third-order valence-corrected chi connectivity index (χ3v) is 11.9. The molecule has 4 heterocycles. The first kappa shape index (κ1) is 30.3. The molecule has 53 heavy (non-hydrogen) atoms. The molecule has 0 fully saturated rings. The predicted octanol–water partition coefficient (Wildman–Crippen LogP) is 13.0. The van der Waals surface area contributed by atoms with Crippen LogP contribution in [0.15, 0.2) is 188 Å². The average molecular weight is 718 g/mol. The van der Waals surface area contributed by atoms with Crippen LogP contribution in [0.2, 0.25) is 0 Å². The zero-order valence-electron chi connectivity index (χ0n) is 28.0. The molecule has 0 radical (unpaired) electrons. The van der Waals surface area contributed by atoms with Crippen molar-refractivity contribution in [2.45, 2.75) is 19.6 Å². The quantitative estimate of drug-likeness (QED) is 0.178. The lowest BCUT2D eigenvalue weighted by atomic mass is 10.1. The Hall–Kier alpha value is -6.35. The van der Waals surface area contributed by atoms with E-state index in [9.17, 15) is 0 Å². The van der Waals surface area contributed by atoms with Gasteiger partial charge in [0.25, 0.3) is 0 Å². The van der Waals surface area contributed by atoms with Crippen LogP contribution in [-0.4, -0.2) is 15.0 Å². The SMILES string of the molecule is c1ccc(-c2nc(-c3cccc4c3oc3ccccc34)nc(N3c4ccccc4Sc4cc(N5c6ccccc6Sc6ccccc65)ccc43)n2)cc1. The molecule has 0 bridgehead atoms. The predicted molar refractivity (Wildman–Crippen MR) is 216 cm³/mol. The summed E-state index contributed by atoms with van der Waals surface area (Å²) >= 11 is 3.58. The topological polar surface area (TPSA) is 58.3 Å². The monoisotopic (exact) mass is 717 g/mol. The van der Waals surface area contributed by atoms with Crippen molar-refractivity contribution in [2.75, 3.05) is 9.80 Å². The second-order valence-corrected chi connectivity index (χ2v) is 15.0. The maximum atomic E-state index is 6.48. The number of furan rings is 1. The van der Waals surface area contributed by atoms with Gasteiger partial charge in [0.1, 0.15) is 11.2 Å². The molecule has 0 amide bonds. The van der Waals surface area contributed by atoms with Crippen molar-refractivity contribution in [3.63, 3.8) is 0 Å². The van der Waals surface area contributed by atoms with Crippen molar-refractivity contribution in [1.29, 1.82) is 0 Å². The van der Waals surface area contributed by atoms with E-state index in [1.165, 1.54) is 21.2 Å². The molecule has 0 atom stereocenters. The van der Waals surface area contributed by atoms with Crippen LogP contribution in [0.4, 0.5) is 34.4 Å². The molecule has 9 aromatic rings. The Bertz CT molecular complexity index is 2850. The standard InChI is InChI=1S/C45H27N5OS2/c1-2-13-28(14-3-1)43-46-44(32-17-12-16-31-30-15-4-8-21-37(30)51-42(31)32)48-45(47-43)50-35-20-7-11-24-40(35)53-41-27-29(25-26-36(41)50)49-33-18-5-9-22-38(33)52-39-23-10-6-19-34(39)49/h1-27H. The molecule has 2 aliphatic heterocycles. The number of fused-ring (bicyclic) bond motifs is 7. The van der Waals surface area contributed by atoms with Crippen molar-refractivity contribution >= 4 is 79.8 Å². The molecule has 0 aliphatic carbocycles. The number of hydrogen-bond acceptors (Lipinski definition) is 8. The first-order valence-corrected chi connectivity index (χ1v) is 19.0. The zero-order chi connectivity index (χ0) is 34.9. The molecular weight excluding hydrogens is 691 g/mol. The van der Waals surface area contributed by atoms with Crippen LogP contribution >= 0.6 is 23.5 Å². The van der Waals surface area contributed by atoms with Crippen LogP contribution < -0.4 is 9.80 Å². The van der Waals surface area contributed by atoms with Crippen molar-refractivity contribution in [3.05, 3.63) is 164 Å². The van der Waals surface area contributed by atoms with Gasteiger partial charge in [0.05, 0.1) is 28.3 Å². The first-order valence-electron chi connectivity index (χ1n) is 17.4. The minimum absolute atomic E-state index is 0.536. The van der Waals surface area contributed by atoms with E-state index in [2.05, 4.69) is 113 Å². The highest BCUT2D eigenvalue weighted by molar-refractivity contribution is 8.00. The minimum atomic E-state index is 0.536. The van der Waals surface area contributed by atoms with Crippen molar-refractivity contribution in [3.8, 4) is 22.8 Å². The maximum absolute atomic E-state index is 6.48. The third kappa shape index (κ3) is 4.94. The summed E-state index contributed by atoms with van der Waals surface area (Å²) in [5, 5.41) is 2.09. The van der Waals surface area contributed by atoms with E-state index in [1.54, 1.807) is 11.8 Å². The van der Waals surface area contributed by atoms with Crippen LogP contribution in [0.1, 0.15) is 0 Å². The molecular formula is C45H27N5OS2. The lowest BCUT2D eigenvalue weighted by molar-refractivity contribution is 0.669. The van der Waals surface area contributed by atoms with Gasteiger partial charge in [-0.25, -0.2) is 4.98 Å². The van der Waals surface area contributed by atoms with Gasteiger partial charge >= 0.3 is 0 Å². The summed E-state index contributed by atoms with van der Waals surface area (Å²) < 4.78 is 6.48. The largest absolute Gasteiger partial charge is 0.455 e. The van der Waals surface area contributed by atoms with Crippen molar-refractivity contribution in [1.82, 2.24) is 15.0 Å². The van der Waals surface area contributed by atoms with E-state index < -0.39 is 0 Å². The van der Waals surface area contributed by atoms with Gasteiger partial charge in [0, 0.05) is 41.6 Å². The molecule has 0 saturated heterocycles. The lowest BCUT2D eigenvalue weighted by Gasteiger charge is -2.35.